The molecule has 0 radical (unpaired) electrons. The van der Waals surface area contributed by atoms with Crippen LogP contribution in [0.1, 0.15) is 42.3 Å². The number of aryl methyl sites for hydroxylation is 1. The van der Waals surface area contributed by atoms with E-state index >= 15 is 0 Å². The van der Waals surface area contributed by atoms with E-state index in [4.69, 9.17) is 4.74 Å². The predicted molar refractivity (Wildman–Crippen MR) is 72.8 cm³/mol. The molecular weight excluding hydrogens is 246 g/mol. The van der Waals surface area contributed by atoms with Crippen LogP contribution in [-0.2, 0) is 4.74 Å². The fourth-order valence-corrected chi connectivity index (χ4v) is 1.72. The van der Waals surface area contributed by atoms with Gasteiger partial charge in [-0.2, -0.15) is 0 Å². The van der Waals surface area contributed by atoms with Crippen LogP contribution in [0.4, 0.5) is 10.5 Å². The standard InChI is InChI=1S/C14H19NO4/c1-8-6-11(17)12(9(2)10(8)7-16)15-13(18)19-14(3,4)5/h6-7,17H,1-5H3,(H,15,18). The van der Waals surface area contributed by atoms with Gasteiger partial charge in [0.25, 0.3) is 0 Å². The SMILES string of the molecule is Cc1cc(O)c(NC(=O)OC(C)(C)C)c(C)c1C=O. The van der Waals surface area contributed by atoms with Crippen LogP contribution in [0.15, 0.2) is 6.07 Å². The van der Waals surface area contributed by atoms with Gasteiger partial charge in [-0.1, -0.05) is 0 Å². The Labute approximate surface area is 112 Å². The quantitative estimate of drug-likeness (QED) is 0.636. The van der Waals surface area contributed by atoms with E-state index in [1.807, 2.05) is 0 Å². The number of hydrogen-bond donors (Lipinski definition) is 2. The van der Waals surface area contributed by atoms with Crippen molar-refractivity contribution in [2.45, 2.75) is 40.2 Å². The highest BCUT2D eigenvalue weighted by atomic mass is 16.6. The minimum absolute atomic E-state index is 0.0912. The van der Waals surface area contributed by atoms with E-state index < -0.39 is 11.7 Å². The number of benzene rings is 1. The molecule has 0 saturated carbocycles. The second kappa shape index (κ2) is 5.30. The van der Waals surface area contributed by atoms with Gasteiger partial charge in [-0.15, -0.1) is 0 Å². The Morgan fingerprint density at radius 1 is 1.37 bits per heavy atom. The largest absolute Gasteiger partial charge is 0.506 e. The van der Waals surface area contributed by atoms with Crippen molar-refractivity contribution >= 4 is 18.1 Å². The molecular formula is C14H19NO4. The molecule has 0 aliphatic carbocycles. The van der Waals surface area contributed by atoms with Gasteiger partial charge in [-0.3, -0.25) is 10.1 Å². The number of anilines is 1. The third-order valence-electron chi connectivity index (χ3n) is 2.56. The minimum Gasteiger partial charge on any atom is -0.506 e. The lowest BCUT2D eigenvalue weighted by molar-refractivity contribution is 0.0635. The van der Waals surface area contributed by atoms with Gasteiger partial charge in [0, 0.05) is 5.56 Å². The molecule has 1 amide bonds. The lowest BCUT2D eigenvalue weighted by atomic mass is 10.0. The molecule has 2 N–H and O–H groups in total. The van der Waals surface area contributed by atoms with Crippen LogP contribution in [0.5, 0.6) is 5.75 Å². The van der Waals surface area contributed by atoms with Crippen LogP contribution in [0.25, 0.3) is 0 Å². The van der Waals surface area contributed by atoms with E-state index in [0.717, 1.165) is 0 Å². The van der Waals surface area contributed by atoms with Crippen LogP contribution >= 0.6 is 0 Å². The molecule has 0 aliphatic heterocycles. The van der Waals surface area contributed by atoms with E-state index in [1.54, 1.807) is 34.6 Å². The summed E-state index contributed by atoms with van der Waals surface area (Å²) in [5, 5.41) is 12.3. The number of rotatable bonds is 2. The molecule has 0 saturated heterocycles. The van der Waals surface area contributed by atoms with E-state index in [1.165, 1.54) is 6.07 Å². The molecule has 0 aliphatic rings. The second-order valence-electron chi connectivity index (χ2n) is 5.37. The first kappa shape index (κ1) is 15.0. The predicted octanol–water partition coefficient (Wildman–Crippen LogP) is 3.17. The summed E-state index contributed by atoms with van der Waals surface area (Å²) in [7, 11) is 0. The van der Waals surface area contributed by atoms with Crippen molar-refractivity contribution in [3.8, 4) is 5.75 Å². The summed E-state index contributed by atoms with van der Waals surface area (Å²) < 4.78 is 5.11. The summed E-state index contributed by atoms with van der Waals surface area (Å²) in [6, 6.07) is 1.43. The summed E-state index contributed by atoms with van der Waals surface area (Å²) in [5.41, 5.74) is 1.18. The molecule has 5 heteroatoms. The van der Waals surface area contributed by atoms with Crippen molar-refractivity contribution in [2.24, 2.45) is 0 Å². The third-order valence-corrected chi connectivity index (χ3v) is 2.56. The number of phenolic OH excluding ortho intramolecular Hbond substituents is 1. The van der Waals surface area contributed by atoms with Crippen LogP contribution in [0.2, 0.25) is 0 Å². The Bertz CT molecular complexity index is 515. The minimum atomic E-state index is -0.674. The summed E-state index contributed by atoms with van der Waals surface area (Å²) in [4.78, 5) is 22.7. The second-order valence-corrected chi connectivity index (χ2v) is 5.37. The highest BCUT2D eigenvalue weighted by molar-refractivity contribution is 5.92. The molecule has 0 heterocycles. The summed E-state index contributed by atoms with van der Waals surface area (Å²) in [6.07, 6.45) is 0.0243. The van der Waals surface area contributed by atoms with Gasteiger partial charge in [-0.25, -0.2) is 4.79 Å². The zero-order chi connectivity index (χ0) is 14.8. The van der Waals surface area contributed by atoms with Crippen LogP contribution in [0, 0.1) is 13.8 Å². The topological polar surface area (TPSA) is 75.6 Å². The number of amides is 1. The van der Waals surface area contributed by atoms with Crippen molar-refractivity contribution in [3.63, 3.8) is 0 Å². The first-order chi connectivity index (χ1) is 8.65. The summed E-state index contributed by atoms with van der Waals surface area (Å²) >= 11 is 0. The Kier molecular flexibility index (Phi) is 4.19. The Morgan fingerprint density at radius 3 is 2.42 bits per heavy atom. The van der Waals surface area contributed by atoms with Gasteiger partial charge in [0.15, 0.2) is 6.29 Å². The zero-order valence-electron chi connectivity index (χ0n) is 11.8. The van der Waals surface area contributed by atoms with Crippen LogP contribution in [-0.4, -0.2) is 23.1 Å². The number of carbonyl (C=O) groups excluding carboxylic acids is 2. The van der Waals surface area contributed by atoms with E-state index in [2.05, 4.69) is 5.32 Å². The van der Waals surface area contributed by atoms with Gasteiger partial charge in [0.2, 0.25) is 0 Å². The van der Waals surface area contributed by atoms with Crippen molar-refractivity contribution in [1.29, 1.82) is 0 Å². The zero-order valence-corrected chi connectivity index (χ0v) is 11.8. The normalized spacial score (nSPS) is 11.0. The van der Waals surface area contributed by atoms with Gasteiger partial charge >= 0.3 is 6.09 Å². The maximum Gasteiger partial charge on any atom is 0.412 e. The fourth-order valence-electron chi connectivity index (χ4n) is 1.72. The molecule has 1 rings (SSSR count). The molecule has 0 unspecified atom stereocenters. The molecule has 0 bridgehead atoms. The number of hydrogen-bond acceptors (Lipinski definition) is 4. The van der Waals surface area contributed by atoms with Crippen LogP contribution < -0.4 is 5.32 Å². The van der Waals surface area contributed by atoms with Gasteiger partial charge in [0.05, 0.1) is 5.69 Å². The summed E-state index contributed by atoms with van der Waals surface area (Å²) in [6.45, 7) is 8.60. The molecule has 1 aromatic carbocycles. The monoisotopic (exact) mass is 265 g/mol. The number of aromatic hydroxyl groups is 1. The maximum absolute atomic E-state index is 11.7. The molecule has 0 fully saturated rings. The molecule has 19 heavy (non-hydrogen) atoms. The molecule has 0 aromatic heterocycles. The first-order valence-corrected chi connectivity index (χ1v) is 5.94. The number of carbonyl (C=O) groups is 2. The lowest BCUT2D eigenvalue weighted by Crippen LogP contribution is -2.27. The molecule has 0 atom stereocenters. The number of phenols is 1. The highest BCUT2D eigenvalue weighted by Crippen LogP contribution is 2.31. The van der Waals surface area contributed by atoms with Crippen molar-refractivity contribution in [1.82, 2.24) is 0 Å². The molecule has 5 nitrogen and oxygen atoms in total. The van der Waals surface area contributed by atoms with Crippen molar-refractivity contribution in [3.05, 3.63) is 22.8 Å². The van der Waals surface area contributed by atoms with Crippen molar-refractivity contribution in [2.75, 3.05) is 5.32 Å². The van der Waals surface area contributed by atoms with Crippen LogP contribution in [0.3, 0.4) is 0 Å². The van der Waals surface area contributed by atoms with Gasteiger partial charge < -0.3 is 9.84 Å². The smallest absolute Gasteiger partial charge is 0.412 e. The number of ether oxygens (including phenoxy) is 1. The average Bonchev–Trinajstić information content (AvgIpc) is 2.22. The average molecular weight is 265 g/mol. The fraction of sp³-hybridized carbons (Fsp3) is 0.429. The van der Waals surface area contributed by atoms with E-state index in [9.17, 15) is 14.7 Å². The first-order valence-electron chi connectivity index (χ1n) is 5.94. The molecule has 0 spiro atoms. The Hall–Kier alpha value is -2.04. The van der Waals surface area contributed by atoms with Gasteiger partial charge in [0.1, 0.15) is 11.4 Å². The Balaban J connectivity index is 3.08. The number of aldehydes is 1. The lowest BCUT2D eigenvalue weighted by Gasteiger charge is -2.21. The number of nitrogens with one attached hydrogen (secondary N) is 1. The summed E-state index contributed by atoms with van der Waals surface area (Å²) in [5.74, 6) is -0.0912. The van der Waals surface area contributed by atoms with E-state index in [0.29, 0.717) is 23.0 Å². The van der Waals surface area contributed by atoms with E-state index in [-0.39, 0.29) is 11.4 Å². The van der Waals surface area contributed by atoms with Gasteiger partial charge in [-0.05, 0) is 51.8 Å². The Morgan fingerprint density at radius 2 is 1.95 bits per heavy atom. The third kappa shape index (κ3) is 3.71. The molecule has 1 aromatic rings. The molecule has 104 valence electrons. The highest BCUT2D eigenvalue weighted by Gasteiger charge is 2.19. The maximum atomic E-state index is 11.7. The van der Waals surface area contributed by atoms with Crippen molar-refractivity contribution < 1.29 is 19.4 Å².